The fourth-order valence-electron chi connectivity index (χ4n) is 1.23. The summed E-state index contributed by atoms with van der Waals surface area (Å²) in [5, 5.41) is 6.22. The van der Waals surface area contributed by atoms with Crippen LogP contribution in [0, 0.1) is 0 Å². The number of ether oxygens (including phenoxy) is 2. The van der Waals surface area contributed by atoms with Crippen molar-refractivity contribution < 1.29 is 14.3 Å². The van der Waals surface area contributed by atoms with Crippen molar-refractivity contribution in [3.8, 4) is 5.88 Å². The van der Waals surface area contributed by atoms with E-state index in [1.165, 1.54) is 6.20 Å². The Morgan fingerprint density at radius 3 is 2.67 bits per heavy atom. The van der Waals surface area contributed by atoms with Gasteiger partial charge >= 0.3 is 0 Å². The van der Waals surface area contributed by atoms with E-state index in [0.717, 1.165) is 0 Å². The molecule has 6 nitrogen and oxygen atoms in total. The summed E-state index contributed by atoms with van der Waals surface area (Å²) < 4.78 is 10.2. The number of nitrogens with one attached hydrogen (secondary N) is 2. The van der Waals surface area contributed by atoms with Crippen LogP contribution in [0.4, 0.5) is 0 Å². The molecular formula is C12H20Cl3N3O3. The SMILES string of the molecule is COCCNCC(=O)NCCOc1ccc(Cl)cn1.Cl.Cl. The van der Waals surface area contributed by atoms with Crippen molar-refractivity contribution in [2.75, 3.05) is 40.0 Å². The molecule has 0 spiro atoms. The van der Waals surface area contributed by atoms with Crippen LogP contribution in [0.15, 0.2) is 18.3 Å². The van der Waals surface area contributed by atoms with Gasteiger partial charge < -0.3 is 20.1 Å². The van der Waals surface area contributed by atoms with Gasteiger partial charge in [-0.2, -0.15) is 0 Å². The molecule has 0 unspecified atom stereocenters. The third kappa shape index (κ3) is 11.5. The Hall–Kier alpha value is -0.790. The second-order valence-corrected chi connectivity index (χ2v) is 4.12. The van der Waals surface area contributed by atoms with E-state index >= 15 is 0 Å². The topological polar surface area (TPSA) is 72.5 Å². The Kier molecular flexibility index (Phi) is 15.2. The smallest absolute Gasteiger partial charge is 0.234 e. The molecule has 21 heavy (non-hydrogen) atoms. The molecule has 0 aliphatic heterocycles. The number of hydrogen-bond donors (Lipinski definition) is 2. The second-order valence-electron chi connectivity index (χ2n) is 3.68. The number of halogens is 3. The summed E-state index contributed by atoms with van der Waals surface area (Å²) >= 11 is 5.69. The van der Waals surface area contributed by atoms with Crippen molar-refractivity contribution in [2.24, 2.45) is 0 Å². The number of hydrogen-bond acceptors (Lipinski definition) is 5. The fourth-order valence-corrected chi connectivity index (χ4v) is 1.34. The maximum absolute atomic E-state index is 11.4. The highest BCUT2D eigenvalue weighted by atomic mass is 35.5. The molecule has 0 aliphatic carbocycles. The van der Waals surface area contributed by atoms with E-state index in [-0.39, 0.29) is 37.3 Å². The first-order valence-corrected chi connectivity index (χ1v) is 6.31. The zero-order valence-corrected chi connectivity index (χ0v) is 14.0. The lowest BCUT2D eigenvalue weighted by atomic mass is 10.5. The Balaban J connectivity index is 0. The Labute approximate surface area is 141 Å². The van der Waals surface area contributed by atoms with Gasteiger partial charge in [-0.05, 0) is 6.07 Å². The zero-order valence-electron chi connectivity index (χ0n) is 11.6. The first-order valence-electron chi connectivity index (χ1n) is 5.93. The molecule has 0 saturated heterocycles. The van der Waals surface area contributed by atoms with Crippen molar-refractivity contribution >= 4 is 42.3 Å². The average Bonchev–Trinajstić information content (AvgIpc) is 2.42. The van der Waals surface area contributed by atoms with Crippen LogP contribution in [0.5, 0.6) is 5.88 Å². The number of carbonyl (C=O) groups excluding carboxylic acids is 1. The summed E-state index contributed by atoms with van der Waals surface area (Å²) in [6.07, 6.45) is 1.51. The number of amides is 1. The van der Waals surface area contributed by atoms with Gasteiger partial charge in [0.25, 0.3) is 0 Å². The average molecular weight is 361 g/mol. The van der Waals surface area contributed by atoms with Gasteiger partial charge in [-0.15, -0.1) is 24.8 Å². The van der Waals surface area contributed by atoms with Gasteiger partial charge in [0.05, 0.1) is 24.7 Å². The van der Waals surface area contributed by atoms with Crippen LogP contribution in [0.1, 0.15) is 0 Å². The first kappa shape index (κ1) is 22.5. The van der Waals surface area contributed by atoms with E-state index < -0.39 is 0 Å². The molecule has 0 fully saturated rings. The van der Waals surface area contributed by atoms with E-state index in [0.29, 0.717) is 37.2 Å². The molecular weight excluding hydrogens is 341 g/mol. The van der Waals surface area contributed by atoms with Gasteiger partial charge in [0.2, 0.25) is 11.8 Å². The molecule has 1 heterocycles. The molecule has 0 aliphatic rings. The maximum atomic E-state index is 11.4. The van der Waals surface area contributed by atoms with Crippen LogP contribution in [-0.4, -0.2) is 50.8 Å². The number of rotatable bonds is 9. The predicted molar refractivity (Wildman–Crippen MR) is 87.0 cm³/mol. The third-order valence-electron chi connectivity index (χ3n) is 2.14. The molecule has 122 valence electrons. The summed E-state index contributed by atoms with van der Waals surface area (Å²) in [5.41, 5.74) is 0. The largest absolute Gasteiger partial charge is 0.476 e. The molecule has 0 atom stereocenters. The van der Waals surface area contributed by atoms with Crippen molar-refractivity contribution in [1.29, 1.82) is 0 Å². The number of methoxy groups -OCH3 is 1. The van der Waals surface area contributed by atoms with Crippen LogP contribution in [0.3, 0.4) is 0 Å². The highest BCUT2D eigenvalue weighted by molar-refractivity contribution is 6.30. The highest BCUT2D eigenvalue weighted by Crippen LogP contribution is 2.10. The zero-order chi connectivity index (χ0) is 13.9. The number of nitrogens with zero attached hydrogens (tertiary/aromatic N) is 1. The van der Waals surface area contributed by atoms with Crippen molar-refractivity contribution in [3.63, 3.8) is 0 Å². The van der Waals surface area contributed by atoms with Gasteiger partial charge in [-0.25, -0.2) is 4.98 Å². The Morgan fingerprint density at radius 1 is 1.29 bits per heavy atom. The summed E-state index contributed by atoms with van der Waals surface area (Å²) in [6.45, 7) is 2.28. The Bertz CT molecular complexity index is 380. The van der Waals surface area contributed by atoms with Gasteiger partial charge in [0, 0.05) is 25.9 Å². The normalized spacial score (nSPS) is 9.24. The standard InChI is InChI=1S/C12H18ClN3O3.2ClH/c1-18-6-4-14-9-11(17)15-5-7-19-12-3-2-10(13)8-16-12;;/h2-3,8,14H,4-7,9H2,1H3,(H,15,17);2*1H. The highest BCUT2D eigenvalue weighted by Gasteiger charge is 2.00. The molecule has 0 aromatic carbocycles. The Morgan fingerprint density at radius 2 is 2.05 bits per heavy atom. The summed E-state index contributed by atoms with van der Waals surface area (Å²) in [4.78, 5) is 15.3. The molecule has 1 amide bonds. The molecule has 0 bridgehead atoms. The lowest BCUT2D eigenvalue weighted by molar-refractivity contribution is -0.120. The quantitative estimate of drug-likeness (QED) is 0.650. The molecule has 0 radical (unpaired) electrons. The molecule has 9 heteroatoms. The summed E-state index contributed by atoms with van der Waals surface area (Å²) in [6, 6.07) is 3.37. The van der Waals surface area contributed by atoms with Crippen LogP contribution >= 0.6 is 36.4 Å². The maximum Gasteiger partial charge on any atom is 0.234 e. The minimum absolute atomic E-state index is 0. The fraction of sp³-hybridized carbons (Fsp3) is 0.500. The van der Waals surface area contributed by atoms with E-state index in [4.69, 9.17) is 21.1 Å². The van der Waals surface area contributed by atoms with Gasteiger partial charge in [-0.1, -0.05) is 11.6 Å². The molecule has 1 aromatic heterocycles. The van der Waals surface area contributed by atoms with Gasteiger partial charge in [0.15, 0.2) is 0 Å². The molecule has 1 aromatic rings. The van der Waals surface area contributed by atoms with Crippen molar-refractivity contribution in [3.05, 3.63) is 23.4 Å². The van der Waals surface area contributed by atoms with Crippen LogP contribution < -0.4 is 15.4 Å². The minimum atomic E-state index is -0.0798. The number of aromatic nitrogens is 1. The van der Waals surface area contributed by atoms with Crippen LogP contribution in [0.2, 0.25) is 5.02 Å². The predicted octanol–water partition coefficient (Wildman–Crippen LogP) is 1.31. The van der Waals surface area contributed by atoms with E-state index in [9.17, 15) is 4.79 Å². The second kappa shape index (κ2) is 14.2. The molecule has 0 saturated carbocycles. The lowest BCUT2D eigenvalue weighted by Gasteiger charge is -2.07. The summed E-state index contributed by atoms with van der Waals surface area (Å²) in [7, 11) is 1.61. The molecule has 2 N–H and O–H groups in total. The van der Waals surface area contributed by atoms with E-state index in [2.05, 4.69) is 15.6 Å². The summed E-state index contributed by atoms with van der Waals surface area (Å²) in [5.74, 6) is 0.403. The van der Waals surface area contributed by atoms with Crippen LogP contribution in [-0.2, 0) is 9.53 Å². The number of pyridine rings is 1. The van der Waals surface area contributed by atoms with Gasteiger partial charge in [-0.3, -0.25) is 4.79 Å². The monoisotopic (exact) mass is 359 g/mol. The number of carbonyl (C=O) groups is 1. The lowest BCUT2D eigenvalue weighted by Crippen LogP contribution is -2.37. The van der Waals surface area contributed by atoms with Crippen LogP contribution in [0.25, 0.3) is 0 Å². The van der Waals surface area contributed by atoms with Crippen molar-refractivity contribution in [1.82, 2.24) is 15.6 Å². The third-order valence-corrected chi connectivity index (χ3v) is 2.37. The van der Waals surface area contributed by atoms with Crippen molar-refractivity contribution in [2.45, 2.75) is 0 Å². The minimum Gasteiger partial charge on any atom is -0.476 e. The first-order chi connectivity index (χ1) is 9.22. The van der Waals surface area contributed by atoms with E-state index in [1.54, 1.807) is 19.2 Å². The van der Waals surface area contributed by atoms with E-state index in [1.807, 2.05) is 0 Å². The van der Waals surface area contributed by atoms with Gasteiger partial charge in [0.1, 0.15) is 6.61 Å². The molecule has 1 rings (SSSR count).